The van der Waals surface area contributed by atoms with Crippen LogP contribution in [-0.4, -0.2) is 37.9 Å². The van der Waals surface area contributed by atoms with E-state index >= 15 is 0 Å². The van der Waals surface area contributed by atoms with Gasteiger partial charge in [0, 0.05) is 47.1 Å². The number of hydrogen-bond acceptors (Lipinski definition) is 11. The highest BCUT2D eigenvalue weighted by atomic mass is 32.2. The standard InChI is InChI=1S/C23H19F2N3O4S.C20H13F2N3O2S/c1-14(2)28-21-16(10-20(22(28)29)32-19-9-8-17(24)11-18(19)25)12-26-23(27-21)33(30,31)13-15-6-4-3-5-7-15;21-14-6-7-16(15(22)9-14)27-17-8-13-10-23-20(25-18(13)24-19(17)26)28-11-12-4-2-1-3-5-12/h3-12,14H,13H2,1-2H3;1-10H,11H2,(H,23,24,25,26). The molecule has 61 heavy (non-hydrogen) atoms. The second kappa shape index (κ2) is 18.1. The number of aromatic nitrogens is 6. The van der Waals surface area contributed by atoms with Crippen molar-refractivity contribution in [2.75, 3.05) is 0 Å². The van der Waals surface area contributed by atoms with Crippen LogP contribution in [0.3, 0.4) is 0 Å². The molecule has 4 aromatic carbocycles. The highest BCUT2D eigenvalue weighted by Gasteiger charge is 2.23. The van der Waals surface area contributed by atoms with Crippen molar-refractivity contribution in [3.05, 3.63) is 177 Å². The first-order valence-corrected chi connectivity index (χ1v) is 20.9. The SMILES string of the molecule is CC(C)n1c(=O)c(Oc2ccc(F)cc2F)cc2cnc(S(=O)(=O)Cc3ccccc3)nc21.O=c1[nH]c2nc(SCc3ccccc3)ncc2cc1Oc1ccc(F)cc1F. The first kappa shape index (κ1) is 42.2. The molecule has 1 N–H and O–H groups in total. The van der Waals surface area contributed by atoms with Gasteiger partial charge in [-0.1, -0.05) is 72.4 Å². The maximum Gasteiger partial charge on any atom is 0.295 e. The lowest BCUT2D eigenvalue weighted by Gasteiger charge is -2.16. The predicted octanol–water partition coefficient (Wildman–Crippen LogP) is 9.10. The number of aromatic amines is 1. The minimum absolute atomic E-state index is 0.101. The molecule has 310 valence electrons. The Bertz CT molecular complexity index is 3120. The Kier molecular flexibility index (Phi) is 12.6. The van der Waals surface area contributed by atoms with E-state index in [1.54, 1.807) is 50.4 Å². The molecule has 18 heteroatoms. The molecule has 8 rings (SSSR count). The van der Waals surface area contributed by atoms with Crippen molar-refractivity contribution < 1.29 is 35.5 Å². The van der Waals surface area contributed by atoms with Crippen LogP contribution in [0.25, 0.3) is 22.1 Å². The van der Waals surface area contributed by atoms with Crippen LogP contribution >= 0.6 is 11.8 Å². The van der Waals surface area contributed by atoms with E-state index in [2.05, 4.69) is 24.9 Å². The maximum atomic E-state index is 14.0. The first-order valence-electron chi connectivity index (χ1n) is 18.3. The third-order valence-electron chi connectivity index (χ3n) is 8.69. The number of sulfone groups is 1. The van der Waals surface area contributed by atoms with Gasteiger partial charge in [-0.3, -0.25) is 14.2 Å². The number of rotatable bonds is 11. The summed E-state index contributed by atoms with van der Waals surface area (Å²) in [5.41, 5.74) is 0.939. The molecule has 0 radical (unpaired) electrons. The zero-order chi connectivity index (χ0) is 43.3. The predicted molar refractivity (Wildman–Crippen MR) is 221 cm³/mol. The molecular formula is C43H32F4N6O6S2. The number of fused-ring (bicyclic) bond motifs is 2. The first-order chi connectivity index (χ1) is 29.2. The highest BCUT2D eigenvalue weighted by molar-refractivity contribution is 7.98. The zero-order valence-electron chi connectivity index (χ0n) is 32.1. The van der Waals surface area contributed by atoms with Gasteiger partial charge in [-0.2, -0.15) is 4.98 Å². The van der Waals surface area contributed by atoms with E-state index in [1.807, 2.05) is 30.3 Å². The van der Waals surface area contributed by atoms with E-state index in [4.69, 9.17) is 9.47 Å². The maximum absolute atomic E-state index is 14.0. The Labute approximate surface area is 348 Å². The number of H-pyrrole nitrogens is 1. The van der Waals surface area contributed by atoms with Gasteiger partial charge < -0.3 is 14.5 Å². The van der Waals surface area contributed by atoms with E-state index in [0.29, 0.717) is 45.0 Å². The third kappa shape index (κ3) is 10.1. The van der Waals surface area contributed by atoms with Gasteiger partial charge >= 0.3 is 0 Å². The van der Waals surface area contributed by atoms with E-state index in [-0.39, 0.29) is 34.4 Å². The fourth-order valence-electron chi connectivity index (χ4n) is 5.82. The third-order valence-corrected chi connectivity index (χ3v) is 11.1. The quantitative estimate of drug-likeness (QED) is 0.0751. The number of nitrogens with zero attached hydrogens (tertiary/aromatic N) is 5. The van der Waals surface area contributed by atoms with Gasteiger partial charge in [-0.25, -0.2) is 40.9 Å². The van der Waals surface area contributed by atoms with E-state index < -0.39 is 55.4 Å². The van der Waals surface area contributed by atoms with Crippen molar-refractivity contribution in [2.45, 2.75) is 41.7 Å². The van der Waals surface area contributed by atoms with Crippen LogP contribution in [0.5, 0.6) is 23.0 Å². The molecule has 0 aliphatic heterocycles. The molecule has 12 nitrogen and oxygen atoms in total. The average molecular weight is 869 g/mol. The summed E-state index contributed by atoms with van der Waals surface area (Å²) in [7, 11) is -3.88. The largest absolute Gasteiger partial charge is 0.448 e. The Morgan fingerprint density at radius 3 is 1.87 bits per heavy atom. The molecular weight excluding hydrogens is 837 g/mol. The second-order valence-electron chi connectivity index (χ2n) is 13.5. The Balaban J connectivity index is 0.000000186. The van der Waals surface area contributed by atoms with Crippen molar-refractivity contribution in [1.82, 2.24) is 29.5 Å². The Morgan fingerprint density at radius 1 is 0.689 bits per heavy atom. The van der Waals surface area contributed by atoms with E-state index in [0.717, 1.165) is 29.8 Å². The van der Waals surface area contributed by atoms with Gasteiger partial charge in [0.2, 0.25) is 15.0 Å². The monoisotopic (exact) mass is 868 g/mol. The van der Waals surface area contributed by atoms with Crippen LogP contribution in [0, 0.1) is 23.3 Å². The number of benzene rings is 4. The molecule has 0 spiro atoms. The summed E-state index contributed by atoms with van der Waals surface area (Å²) in [6.45, 7) is 3.42. The van der Waals surface area contributed by atoms with Crippen LogP contribution < -0.4 is 20.6 Å². The summed E-state index contributed by atoms with van der Waals surface area (Å²) < 4.78 is 91.7. The van der Waals surface area contributed by atoms with Gasteiger partial charge in [0.05, 0.1) is 5.75 Å². The van der Waals surface area contributed by atoms with Crippen LogP contribution in [0.2, 0.25) is 0 Å². The smallest absolute Gasteiger partial charge is 0.295 e. The normalized spacial score (nSPS) is 11.4. The summed E-state index contributed by atoms with van der Waals surface area (Å²) in [4.78, 5) is 44.8. The summed E-state index contributed by atoms with van der Waals surface area (Å²) >= 11 is 1.44. The molecule has 0 fully saturated rings. The molecule has 0 amide bonds. The Morgan fingerprint density at radius 2 is 1.26 bits per heavy atom. The number of halogens is 4. The Hall–Kier alpha value is -6.92. The van der Waals surface area contributed by atoms with Crippen LogP contribution in [0.1, 0.15) is 31.0 Å². The molecule has 0 atom stereocenters. The molecule has 4 heterocycles. The lowest BCUT2D eigenvalue weighted by molar-refractivity contribution is 0.425. The fraction of sp³-hybridized carbons (Fsp3) is 0.116. The van der Waals surface area contributed by atoms with Crippen molar-refractivity contribution in [3.8, 4) is 23.0 Å². The summed E-state index contributed by atoms with van der Waals surface area (Å²) in [6.07, 6.45) is 2.83. The number of ether oxygens (including phenoxy) is 2. The van der Waals surface area contributed by atoms with Gasteiger partial charge in [0.15, 0.2) is 39.8 Å². The van der Waals surface area contributed by atoms with Gasteiger partial charge in [-0.05, 0) is 61.4 Å². The number of hydrogen-bond donors (Lipinski definition) is 1. The topological polar surface area (TPSA) is 159 Å². The molecule has 0 unspecified atom stereocenters. The molecule has 0 bridgehead atoms. The minimum Gasteiger partial charge on any atom is -0.448 e. The van der Waals surface area contributed by atoms with Crippen molar-refractivity contribution >= 4 is 43.7 Å². The highest BCUT2D eigenvalue weighted by Crippen LogP contribution is 2.28. The fourth-order valence-corrected chi connectivity index (χ4v) is 7.79. The van der Waals surface area contributed by atoms with Crippen LogP contribution in [-0.2, 0) is 21.3 Å². The van der Waals surface area contributed by atoms with E-state index in [9.17, 15) is 35.6 Å². The number of nitrogens with one attached hydrogen (secondary N) is 1. The molecule has 0 aliphatic rings. The molecule has 0 saturated carbocycles. The lowest BCUT2D eigenvalue weighted by Crippen LogP contribution is -2.25. The summed E-state index contributed by atoms with van der Waals surface area (Å²) in [6, 6.07) is 26.3. The number of thioether (sulfide) groups is 1. The number of pyridine rings is 2. The van der Waals surface area contributed by atoms with Gasteiger partial charge in [0.25, 0.3) is 11.1 Å². The van der Waals surface area contributed by atoms with Crippen LogP contribution in [0.15, 0.2) is 141 Å². The second-order valence-corrected chi connectivity index (χ2v) is 16.3. The van der Waals surface area contributed by atoms with Crippen molar-refractivity contribution in [3.63, 3.8) is 0 Å². The van der Waals surface area contributed by atoms with Gasteiger partial charge in [0.1, 0.15) is 22.9 Å². The zero-order valence-corrected chi connectivity index (χ0v) is 33.7. The summed E-state index contributed by atoms with van der Waals surface area (Å²) in [5, 5.41) is 0.955. The lowest BCUT2D eigenvalue weighted by atomic mass is 10.2. The van der Waals surface area contributed by atoms with E-state index in [1.165, 1.54) is 34.7 Å². The molecule has 0 saturated heterocycles. The van der Waals surface area contributed by atoms with Crippen LogP contribution in [0.4, 0.5) is 17.6 Å². The average Bonchev–Trinajstić information content (AvgIpc) is 3.23. The van der Waals surface area contributed by atoms with Crippen molar-refractivity contribution in [2.24, 2.45) is 0 Å². The molecule has 8 aromatic rings. The summed E-state index contributed by atoms with van der Waals surface area (Å²) in [5.74, 6) is -3.92. The van der Waals surface area contributed by atoms with Crippen molar-refractivity contribution in [1.29, 1.82) is 0 Å². The minimum atomic E-state index is -3.88. The molecule has 4 aromatic heterocycles. The van der Waals surface area contributed by atoms with Gasteiger partial charge in [-0.15, -0.1) is 0 Å². The molecule has 0 aliphatic carbocycles.